The molecule has 2 aromatic carbocycles. The molecule has 0 bridgehead atoms. The van der Waals surface area contributed by atoms with Crippen LogP contribution in [0.3, 0.4) is 0 Å². The molecule has 0 saturated carbocycles. The molecule has 1 N–H and O–H groups in total. The van der Waals surface area contributed by atoms with Crippen molar-refractivity contribution >= 4 is 15.8 Å². The highest BCUT2D eigenvalue weighted by molar-refractivity contribution is 7.91. The second-order valence-electron chi connectivity index (χ2n) is 9.16. The van der Waals surface area contributed by atoms with Gasteiger partial charge in [0.25, 0.3) is 0 Å². The molecule has 2 aromatic rings. The summed E-state index contributed by atoms with van der Waals surface area (Å²) in [5, 5.41) is 8.92. The maximum Gasteiger partial charge on any atom is 0.335 e. The fraction of sp³-hybridized carbons (Fsp3) is 0.435. The Morgan fingerprint density at radius 1 is 1.00 bits per heavy atom. The quantitative estimate of drug-likeness (QED) is 0.750. The number of sulfone groups is 1. The topological polar surface area (TPSA) is 71.4 Å². The summed E-state index contributed by atoms with van der Waals surface area (Å²) >= 11 is 0. The molecule has 0 atom stereocenters. The van der Waals surface area contributed by atoms with Gasteiger partial charge in [0.2, 0.25) is 0 Å². The van der Waals surface area contributed by atoms with Crippen LogP contribution in [0.5, 0.6) is 0 Å². The summed E-state index contributed by atoms with van der Waals surface area (Å²) in [6.45, 7) is 8.63. The Hall–Kier alpha value is -2.21. The fourth-order valence-corrected chi connectivity index (χ4v) is 5.30. The highest BCUT2D eigenvalue weighted by atomic mass is 32.2. The van der Waals surface area contributed by atoms with Crippen LogP contribution in [-0.2, 0) is 27.1 Å². The van der Waals surface area contributed by atoms with Gasteiger partial charge in [0.05, 0.1) is 16.2 Å². The molecule has 0 unspecified atom stereocenters. The monoisotopic (exact) mass is 418 g/mol. The molecule has 0 fully saturated rings. The number of halogens is 1. The van der Waals surface area contributed by atoms with E-state index in [4.69, 9.17) is 5.11 Å². The van der Waals surface area contributed by atoms with E-state index in [0.29, 0.717) is 0 Å². The Kier molecular flexibility index (Phi) is 5.37. The third-order valence-electron chi connectivity index (χ3n) is 6.12. The highest BCUT2D eigenvalue weighted by Crippen LogP contribution is 2.46. The number of fused-ring (bicyclic) bond motifs is 1. The van der Waals surface area contributed by atoms with E-state index in [0.717, 1.165) is 24.5 Å². The van der Waals surface area contributed by atoms with Gasteiger partial charge in [-0.05, 0) is 71.0 Å². The van der Waals surface area contributed by atoms with Gasteiger partial charge in [-0.15, -0.1) is 0 Å². The van der Waals surface area contributed by atoms with Crippen LogP contribution in [0.15, 0.2) is 41.3 Å². The number of carboxylic acid groups (broad SMARTS) is 1. The van der Waals surface area contributed by atoms with Crippen molar-refractivity contribution in [2.45, 2.75) is 62.7 Å². The molecule has 1 aliphatic carbocycles. The van der Waals surface area contributed by atoms with E-state index < -0.39 is 21.6 Å². The van der Waals surface area contributed by atoms with Gasteiger partial charge in [0, 0.05) is 0 Å². The summed E-state index contributed by atoms with van der Waals surface area (Å²) in [6.07, 6.45) is 2.02. The molecule has 0 spiro atoms. The van der Waals surface area contributed by atoms with Crippen LogP contribution in [0.1, 0.15) is 67.6 Å². The van der Waals surface area contributed by atoms with Crippen molar-refractivity contribution in [2.75, 3.05) is 5.75 Å². The van der Waals surface area contributed by atoms with E-state index in [1.54, 1.807) is 12.1 Å². The minimum atomic E-state index is -3.61. The van der Waals surface area contributed by atoms with Gasteiger partial charge < -0.3 is 5.11 Å². The molecule has 6 heteroatoms. The lowest BCUT2D eigenvalue weighted by atomic mass is 9.63. The van der Waals surface area contributed by atoms with Crippen molar-refractivity contribution in [1.82, 2.24) is 0 Å². The van der Waals surface area contributed by atoms with Crippen LogP contribution in [0.4, 0.5) is 4.39 Å². The lowest BCUT2D eigenvalue weighted by Gasteiger charge is -2.42. The van der Waals surface area contributed by atoms with Gasteiger partial charge in [-0.1, -0.05) is 39.8 Å². The second-order valence-corrected chi connectivity index (χ2v) is 11.3. The van der Waals surface area contributed by atoms with Crippen molar-refractivity contribution < 1.29 is 22.7 Å². The molecule has 0 amide bonds. The molecule has 0 aromatic heterocycles. The maximum atomic E-state index is 14.1. The Bertz CT molecular complexity index is 1070. The van der Waals surface area contributed by atoms with Crippen LogP contribution in [-0.4, -0.2) is 25.2 Å². The summed E-state index contributed by atoms with van der Waals surface area (Å²) in [7, 11) is -3.61. The Morgan fingerprint density at radius 2 is 1.62 bits per heavy atom. The smallest absolute Gasteiger partial charge is 0.335 e. The minimum absolute atomic E-state index is 0.00214. The lowest BCUT2D eigenvalue weighted by molar-refractivity contribution is 0.0696. The number of carbonyl (C=O) groups is 1. The van der Waals surface area contributed by atoms with Crippen molar-refractivity contribution in [2.24, 2.45) is 0 Å². The predicted octanol–water partition coefficient (Wildman–Crippen LogP) is 4.89. The number of hydrogen-bond acceptors (Lipinski definition) is 3. The molecule has 1 aliphatic rings. The summed E-state index contributed by atoms with van der Waals surface area (Å²) in [5.74, 6) is -2.16. The normalized spacial score (nSPS) is 17.6. The number of carboxylic acids is 1. The van der Waals surface area contributed by atoms with E-state index in [1.807, 2.05) is 6.07 Å². The molecule has 0 saturated heterocycles. The number of rotatable bonds is 5. The Labute approximate surface area is 171 Å². The zero-order valence-corrected chi connectivity index (χ0v) is 18.1. The molecule has 29 heavy (non-hydrogen) atoms. The summed E-state index contributed by atoms with van der Waals surface area (Å²) < 4.78 is 40.0. The summed E-state index contributed by atoms with van der Waals surface area (Å²) in [5.41, 5.74) is 2.18. The Morgan fingerprint density at radius 3 is 2.21 bits per heavy atom. The van der Waals surface area contributed by atoms with E-state index in [2.05, 4.69) is 27.7 Å². The van der Waals surface area contributed by atoms with Gasteiger partial charge in [-0.25, -0.2) is 17.6 Å². The zero-order valence-electron chi connectivity index (χ0n) is 17.3. The molecular formula is C23H27FO4S. The number of hydrogen-bond donors (Lipinski definition) is 1. The maximum absolute atomic E-state index is 14.1. The second kappa shape index (κ2) is 7.24. The van der Waals surface area contributed by atoms with E-state index in [1.165, 1.54) is 17.7 Å². The van der Waals surface area contributed by atoms with Crippen LogP contribution < -0.4 is 0 Å². The van der Waals surface area contributed by atoms with Gasteiger partial charge in [0.1, 0.15) is 5.82 Å². The lowest BCUT2D eigenvalue weighted by Crippen LogP contribution is -2.34. The van der Waals surface area contributed by atoms with Crippen LogP contribution in [0.2, 0.25) is 0 Å². The first-order valence-corrected chi connectivity index (χ1v) is 11.4. The van der Waals surface area contributed by atoms with Gasteiger partial charge in [-0.2, -0.15) is 0 Å². The van der Waals surface area contributed by atoms with Crippen molar-refractivity contribution in [3.05, 3.63) is 64.5 Å². The SMILES string of the molecule is CC1(C)CCC(C)(C)c2cc(S(=O)(=O)CCc3ccc(C(=O)O)cc3F)ccc21. The highest BCUT2D eigenvalue weighted by Gasteiger charge is 2.37. The van der Waals surface area contributed by atoms with Gasteiger partial charge in [-0.3, -0.25) is 0 Å². The van der Waals surface area contributed by atoms with E-state index >= 15 is 0 Å². The van der Waals surface area contributed by atoms with E-state index in [9.17, 15) is 17.6 Å². The van der Waals surface area contributed by atoms with Gasteiger partial charge in [0.15, 0.2) is 9.84 Å². The van der Waals surface area contributed by atoms with Gasteiger partial charge >= 0.3 is 5.97 Å². The van der Waals surface area contributed by atoms with Crippen LogP contribution in [0, 0.1) is 5.82 Å². The average Bonchev–Trinajstić information content (AvgIpc) is 2.64. The number of aromatic carboxylic acids is 1. The molecule has 0 radical (unpaired) electrons. The molecule has 0 heterocycles. The molecule has 0 aliphatic heterocycles. The Balaban J connectivity index is 1.88. The summed E-state index contributed by atoms with van der Waals surface area (Å²) in [4.78, 5) is 11.2. The molecule has 156 valence electrons. The molecular weight excluding hydrogens is 391 g/mol. The predicted molar refractivity (Wildman–Crippen MR) is 111 cm³/mol. The van der Waals surface area contributed by atoms with E-state index in [-0.39, 0.29) is 39.0 Å². The largest absolute Gasteiger partial charge is 0.478 e. The first kappa shape index (κ1) is 21.5. The number of aryl methyl sites for hydroxylation is 1. The average molecular weight is 419 g/mol. The first-order chi connectivity index (χ1) is 13.3. The third-order valence-corrected chi connectivity index (χ3v) is 7.84. The number of benzene rings is 2. The van der Waals surface area contributed by atoms with Crippen molar-refractivity contribution in [1.29, 1.82) is 0 Å². The van der Waals surface area contributed by atoms with Crippen molar-refractivity contribution in [3.8, 4) is 0 Å². The summed E-state index contributed by atoms with van der Waals surface area (Å²) in [6, 6.07) is 8.92. The zero-order chi connectivity index (χ0) is 21.6. The standard InChI is InChI=1S/C23H27FO4S/c1-22(2)10-11-23(3,4)19-14-17(7-8-18(19)22)29(27,28)12-9-15-5-6-16(21(25)26)13-20(15)24/h5-8,13-14H,9-12H2,1-4H3,(H,25,26). The molecule has 3 rings (SSSR count). The third kappa shape index (κ3) is 4.22. The van der Waals surface area contributed by atoms with Crippen LogP contribution in [0.25, 0.3) is 0 Å². The minimum Gasteiger partial charge on any atom is -0.478 e. The first-order valence-electron chi connectivity index (χ1n) is 9.73. The fourth-order valence-electron chi connectivity index (χ4n) is 4.01. The van der Waals surface area contributed by atoms with Crippen LogP contribution >= 0.6 is 0 Å². The molecule has 4 nitrogen and oxygen atoms in total. The van der Waals surface area contributed by atoms with Crippen molar-refractivity contribution in [3.63, 3.8) is 0 Å².